The fourth-order valence-electron chi connectivity index (χ4n) is 4.45. The standard InChI is InChI=1S/C21H34N4O/c1-22-14-19-13-20(23-25(19)3)18-10-8-17(9-11-18)15-24(2)21(26)12-16-6-4-5-7-16/h4,6,13,16-18,22H,5,7-12,14-15H2,1-3H3/t16-,17?,18?/m0/s1. The molecule has 2 aliphatic carbocycles. The summed E-state index contributed by atoms with van der Waals surface area (Å²) in [5.41, 5.74) is 2.49. The Balaban J connectivity index is 1.45. The summed E-state index contributed by atoms with van der Waals surface area (Å²) in [6.07, 6.45) is 12.2. The summed E-state index contributed by atoms with van der Waals surface area (Å²) < 4.78 is 2.00. The van der Waals surface area contributed by atoms with E-state index >= 15 is 0 Å². The van der Waals surface area contributed by atoms with Crippen molar-refractivity contribution in [2.45, 2.75) is 57.4 Å². The Morgan fingerprint density at radius 2 is 2.08 bits per heavy atom. The molecule has 0 aromatic carbocycles. The fourth-order valence-corrected chi connectivity index (χ4v) is 4.45. The monoisotopic (exact) mass is 358 g/mol. The summed E-state index contributed by atoms with van der Waals surface area (Å²) in [6, 6.07) is 2.26. The van der Waals surface area contributed by atoms with Crippen molar-refractivity contribution < 1.29 is 4.79 Å². The molecular weight excluding hydrogens is 324 g/mol. The van der Waals surface area contributed by atoms with Gasteiger partial charge in [-0.05, 0) is 63.5 Å². The van der Waals surface area contributed by atoms with E-state index in [0.717, 1.165) is 25.9 Å². The average Bonchev–Trinajstić information content (AvgIpc) is 3.26. The molecule has 5 nitrogen and oxygen atoms in total. The number of aromatic nitrogens is 2. The Hall–Kier alpha value is -1.62. The number of allylic oxidation sites excluding steroid dienone is 2. The zero-order valence-electron chi connectivity index (χ0n) is 16.6. The Labute approximate surface area is 157 Å². The van der Waals surface area contributed by atoms with Gasteiger partial charge in [-0.2, -0.15) is 5.10 Å². The van der Waals surface area contributed by atoms with Gasteiger partial charge in [-0.15, -0.1) is 0 Å². The van der Waals surface area contributed by atoms with Gasteiger partial charge in [-0.1, -0.05) is 12.2 Å². The highest BCUT2D eigenvalue weighted by Crippen LogP contribution is 2.35. The SMILES string of the molecule is CNCc1cc(C2CCC(CN(C)C(=O)C[C@H]3C=CCC3)CC2)nn1C. The van der Waals surface area contributed by atoms with Gasteiger partial charge in [0.2, 0.25) is 5.91 Å². The quantitative estimate of drug-likeness (QED) is 0.762. The van der Waals surface area contributed by atoms with E-state index in [4.69, 9.17) is 5.10 Å². The van der Waals surface area contributed by atoms with Crippen LogP contribution in [0.2, 0.25) is 0 Å². The maximum Gasteiger partial charge on any atom is 0.222 e. The third kappa shape index (κ3) is 4.76. The van der Waals surface area contributed by atoms with Crippen LogP contribution in [0, 0.1) is 11.8 Å². The summed E-state index contributed by atoms with van der Waals surface area (Å²) in [5, 5.41) is 7.93. The highest BCUT2D eigenvalue weighted by Gasteiger charge is 2.26. The lowest BCUT2D eigenvalue weighted by Crippen LogP contribution is -2.34. The maximum atomic E-state index is 12.4. The Morgan fingerprint density at radius 1 is 1.31 bits per heavy atom. The van der Waals surface area contributed by atoms with Crippen molar-refractivity contribution in [1.29, 1.82) is 0 Å². The number of rotatable bonds is 7. The topological polar surface area (TPSA) is 50.2 Å². The summed E-state index contributed by atoms with van der Waals surface area (Å²) in [6.45, 7) is 1.77. The first-order chi connectivity index (χ1) is 12.6. The number of carbonyl (C=O) groups is 1. The molecule has 5 heteroatoms. The molecule has 0 bridgehead atoms. The predicted molar refractivity (Wildman–Crippen MR) is 105 cm³/mol. The van der Waals surface area contributed by atoms with E-state index < -0.39 is 0 Å². The van der Waals surface area contributed by atoms with Crippen molar-refractivity contribution in [1.82, 2.24) is 20.0 Å². The lowest BCUT2D eigenvalue weighted by molar-refractivity contribution is -0.131. The number of aryl methyl sites for hydroxylation is 1. The summed E-state index contributed by atoms with van der Waals surface area (Å²) >= 11 is 0. The van der Waals surface area contributed by atoms with Crippen LogP contribution >= 0.6 is 0 Å². The molecule has 26 heavy (non-hydrogen) atoms. The van der Waals surface area contributed by atoms with Crippen molar-refractivity contribution in [2.24, 2.45) is 18.9 Å². The van der Waals surface area contributed by atoms with Crippen molar-refractivity contribution in [2.75, 3.05) is 20.6 Å². The fraction of sp³-hybridized carbons (Fsp3) is 0.714. The van der Waals surface area contributed by atoms with Crippen LogP contribution in [0.4, 0.5) is 0 Å². The third-order valence-corrected chi connectivity index (χ3v) is 6.13. The van der Waals surface area contributed by atoms with Crippen LogP contribution in [0.25, 0.3) is 0 Å². The first kappa shape index (κ1) is 19.2. The second-order valence-electron chi connectivity index (χ2n) is 8.18. The minimum atomic E-state index is 0.310. The second-order valence-corrected chi connectivity index (χ2v) is 8.18. The van der Waals surface area contributed by atoms with Gasteiger partial charge in [0.1, 0.15) is 0 Å². The highest BCUT2D eigenvalue weighted by atomic mass is 16.2. The predicted octanol–water partition coefficient (Wildman–Crippen LogP) is 3.23. The Kier molecular flexibility index (Phi) is 6.52. The van der Waals surface area contributed by atoms with E-state index in [2.05, 4.69) is 23.5 Å². The van der Waals surface area contributed by atoms with Gasteiger partial charge >= 0.3 is 0 Å². The van der Waals surface area contributed by atoms with E-state index in [9.17, 15) is 4.79 Å². The zero-order valence-corrected chi connectivity index (χ0v) is 16.6. The molecule has 0 unspecified atom stereocenters. The largest absolute Gasteiger partial charge is 0.345 e. The van der Waals surface area contributed by atoms with E-state index in [0.29, 0.717) is 30.1 Å². The van der Waals surface area contributed by atoms with Crippen molar-refractivity contribution in [3.05, 3.63) is 29.6 Å². The number of nitrogens with zero attached hydrogens (tertiary/aromatic N) is 3. The van der Waals surface area contributed by atoms with Crippen molar-refractivity contribution in [3.63, 3.8) is 0 Å². The molecule has 0 spiro atoms. The van der Waals surface area contributed by atoms with Gasteiger partial charge in [0.05, 0.1) is 11.4 Å². The highest BCUT2D eigenvalue weighted by molar-refractivity contribution is 5.76. The molecular formula is C21H34N4O. The molecule has 1 aromatic rings. The number of amides is 1. The second kappa shape index (κ2) is 8.85. The van der Waals surface area contributed by atoms with Crippen LogP contribution in [0.3, 0.4) is 0 Å². The van der Waals surface area contributed by atoms with Gasteiger partial charge in [0.15, 0.2) is 0 Å². The summed E-state index contributed by atoms with van der Waals surface area (Å²) in [7, 11) is 5.98. The number of carbonyl (C=O) groups excluding carboxylic acids is 1. The van der Waals surface area contributed by atoms with Gasteiger partial charge in [-0.25, -0.2) is 0 Å². The van der Waals surface area contributed by atoms with Crippen LogP contribution in [0.1, 0.15) is 62.3 Å². The first-order valence-corrected chi connectivity index (χ1v) is 10.1. The molecule has 1 N–H and O–H groups in total. The van der Waals surface area contributed by atoms with Gasteiger partial charge in [0.25, 0.3) is 0 Å². The van der Waals surface area contributed by atoms with Crippen LogP contribution in [-0.4, -0.2) is 41.2 Å². The van der Waals surface area contributed by atoms with Gasteiger partial charge in [0, 0.05) is 39.5 Å². The third-order valence-electron chi connectivity index (χ3n) is 6.13. The lowest BCUT2D eigenvalue weighted by Gasteiger charge is -2.31. The minimum absolute atomic E-state index is 0.310. The zero-order chi connectivity index (χ0) is 18.5. The van der Waals surface area contributed by atoms with Crippen molar-refractivity contribution >= 4 is 5.91 Å². The van der Waals surface area contributed by atoms with E-state index in [1.165, 1.54) is 37.1 Å². The summed E-state index contributed by atoms with van der Waals surface area (Å²) in [4.78, 5) is 14.4. The molecule has 1 heterocycles. The summed E-state index contributed by atoms with van der Waals surface area (Å²) in [5.74, 6) is 1.99. The smallest absolute Gasteiger partial charge is 0.222 e. The molecule has 1 aromatic heterocycles. The molecule has 0 radical (unpaired) electrons. The average molecular weight is 359 g/mol. The van der Waals surface area contributed by atoms with Gasteiger partial charge in [-0.3, -0.25) is 9.48 Å². The van der Waals surface area contributed by atoms with Crippen LogP contribution in [0.15, 0.2) is 18.2 Å². The molecule has 0 aliphatic heterocycles. The number of hydrogen-bond donors (Lipinski definition) is 1. The molecule has 1 atom stereocenters. The molecule has 3 rings (SSSR count). The maximum absolute atomic E-state index is 12.4. The molecule has 1 fully saturated rings. The Bertz CT molecular complexity index is 628. The first-order valence-electron chi connectivity index (χ1n) is 10.1. The van der Waals surface area contributed by atoms with Crippen LogP contribution in [0.5, 0.6) is 0 Å². The van der Waals surface area contributed by atoms with Crippen LogP contribution < -0.4 is 5.32 Å². The van der Waals surface area contributed by atoms with E-state index in [1.54, 1.807) is 0 Å². The number of nitrogens with one attached hydrogen (secondary N) is 1. The normalized spacial score (nSPS) is 25.6. The van der Waals surface area contributed by atoms with Crippen LogP contribution in [-0.2, 0) is 18.4 Å². The molecule has 1 amide bonds. The Morgan fingerprint density at radius 3 is 2.73 bits per heavy atom. The minimum Gasteiger partial charge on any atom is -0.345 e. The molecule has 2 aliphatic rings. The van der Waals surface area contributed by atoms with Crippen molar-refractivity contribution in [3.8, 4) is 0 Å². The molecule has 1 saturated carbocycles. The van der Waals surface area contributed by atoms with E-state index in [1.807, 2.05) is 30.7 Å². The molecule has 0 saturated heterocycles. The lowest BCUT2D eigenvalue weighted by atomic mass is 9.80. The number of hydrogen-bond acceptors (Lipinski definition) is 3. The van der Waals surface area contributed by atoms with Gasteiger partial charge < -0.3 is 10.2 Å². The molecule has 144 valence electrons. The van der Waals surface area contributed by atoms with E-state index in [-0.39, 0.29) is 0 Å².